The zero-order chi connectivity index (χ0) is 13.6. The molecule has 102 valence electrons. The SMILES string of the molecule is CCCCCCC(C)(C)n1ccc(NO)nc1=O. The number of nitrogens with one attached hydrogen (secondary N) is 1. The van der Waals surface area contributed by atoms with Crippen molar-refractivity contribution in [2.45, 2.75) is 58.4 Å². The van der Waals surface area contributed by atoms with Gasteiger partial charge in [-0.05, 0) is 26.3 Å². The van der Waals surface area contributed by atoms with Crippen LogP contribution < -0.4 is 11.2 Å². The third-order valence-corrected chi connectivity index (χ3v) is 3.21. The van der Waals surface area contributed by atoms with E-state index in [1.165, 1.54) is 19.3 Å². The zero-order valence-corrected chi connectivity index (χ0v) is 11.4. The number of nitrogens with zero attached hydrogens (tertiary/aromatic N) is 2. The maximum atomic E-state index is 11.8. The topological polar surface area (TPSA) is 67.2 Å². The molecule has 18 heavy (non-hydrogen) atoms. The van der Waals surface area contributed by atoms with Crippen LogP contribution in [0.5, 0.6) is 0 Å². The highest BCUT2D eigenvalue weighted by Gasteiger charge is 2.21. The second-order valence-corrected chi connectivity index (χ2v) is 5.20. The van der Waals surface area contributed by atoms with Crippen molar-refractivity contribution < 1.29 is 5.21 Å². The highest BCUT2D eigenvalue weighted by molar-refractivity contribution is 5.28. The van der Waals surface area contributed by atoms with Crippen LogP contribution in [0.3, 0.4) is 0 Å². The third-order valence-electron chi connectivity index (χ3n) is 3.21. The first kappa shape index (κ1) is 14.7. The van der Waals surface area contributed by atoms with E-state index in [1.54, 1.807) is 16.8 Å². The standard InChI is InChI=1S/C13H23N3O2/c1-4-5-6-7-9-13(2,3)16-10-8-11(15-18)14-12(16)17/h8,10,18H,4-7,9H2,1-3H3,(H,14,15,17). The van der Waals surface area contributed by atoms with Crippen molar-refractivity contribution in [2.24, 2.45) is 0 Å². The lowest BCUT2D eigenvalue weighted by molar-refractivity contribution is 0.299. The first-order chi connectivity index (χ1) is 8.51. The van der Waals surface area contributed by atoms with Crippen LogP contribution in [-0.2, 0) is 5.54 Å². The van der Waals surface area contributed by atoms with Gasteiger partial charge in [0.25, 0.3) is 0 Å². The number of unbranched alkanes of at least 4 members (excludes halogenated alkanes) is 3. The van der Waals surface area contributed by atoms with E-state index in [2.05, 4.69) is 11.9 Å². The van der Waals surface area contributed by atoms with E-state index in [-0.39, 0.29) is 17.0 Å². The first-order valence-electron chi connectivity index (χ1n) is 6.51. The normalized spacial score (nSPS) is 11.6. The summed E-state index contributed by atoms with van der Waals surface area (Å²) in [4.78, 5) is 15.6. The van der Waals surface area contributed by atoms with E-state index in [9.17, 15) is 4.79 Å². The maximum absolute atomic E-state index is 11.8. The summed E-state index contributed by atoms with van der Waals surface area (Å²) in [7, 11) is 0. The van der Waals surface area contributed by atoms with Crippen LogP contribution in [-0.4, -0.2) is 14.8 Å². The van der Waals surface area contributed by atoms with Crippen molar-refractivity contribution >= 4 is 5.82 Å². The summed E-state index contributed by atoms with van der Waals surface area (Å²) in [6, 6.07) is 1.59. The van der Waals surface area contributed by atoms with Gasteiger partial charge in [-0.2, -0.15) is 4.98 Å². The molecule has 5 heteroatoms. The van der Waals surface area contributed by atoms with Crippen molar-refractivity contribution in [3.8, 4) is 0 Å². The molecule has 0 unspecified atom stereocenters. The molecule has 0 spiro atoms. The second-order valence-electron chi connectivity index (χ2n) is 5.20. The number of hydrogen-bond donors (Lipinski definition) is 2. The molecule has 5 nitrogen and oxygen atoms in total. The first-order valence-corrected chi connectivity index (χ1v) is 6.51. The summed E-state index contributed by atoms with van der Waals surface area (Å²) in [5.41, 5.74) is 1.30. The van der Waals surface area contributed by atoms with E-state index >= 15 is 0 Å². The van der Waals surface area contributed by atoms with Gasteiger partial charge >= 0.3 is 5.69 Å². The summed E-state index contributed by atoms with van der Waals surface area (Å²) in [5, 5.41) is 8.70. The molecule has 0 aromatic carbocycles. The van der Waals surface area contributed by atoms with Crippen LogP contribution in [0.15, 0.2) is 17.1 Å². The predicted octanol–water partition coefficient (Wildman–Crippen LogP) is 2.75. The largest absolute Gasteiger partial charge is 0.350 e. The molecule has 0 aliphatic heterocycles. The molecule has 1 aromatic rings. The van der Waals surface area contributed by atoms with E-state index in [0.717, 1.165) is 12.8 Å². The van der Waals surface area contributed by atoms with Gasteiger partial charge in [0.1, 0.15) is 0 Å². The average Bonchev–Trinajstić information content (AvgIpc) is 2.34. The Morgan fingerprint density at radius 1 is 1.39 bits per heavy atom. The van der Waals surface area contributed by atoms with Gasteiger partial charge in [-0.1, -0.05) is 32.6 Å². The molecule has 0 aliphatic rings. The quantitative estimate of drug-likeness (QED) is 0.579. The van der Waals surface area contributed by atoms with E-state index in [4.69, 9.17) is 5.21 Å². The van der Waals surface area contributed by atoms with Gasteiger partial charge in [-0.15, -0.1) is 0 Å². The molecule has 1 rings (SSSR count). The fourth-order valence-corrected chi connectivity index (χ4v) is 2.03. The average molecular weight is 253 g/mol. The second kappa shape index (κ2) is 6.54. The smallest absolute Gasteiger partial charge is 0.293 e. The summed E-state index contributed by atoms with van der Waals surface area (Å²) in [6.07, 6.45) is 7.36. The van der Waals surface area contributed by atoms with Crippen LogP contribution in [0.25, 0.3) is 0 Å². The van der Waals surface area contributed by atoms with Gasteiger partial charge in [0.05, 0.1) is 0 Å². The summed E-state index contributed by atoms with van der Waals surface area (Å²) in [5.74, 6) is 0.179. The van der Waals surface area contributed by atoms with Gasteiger partial charge in [-0.25, -0.2) is 4.79 Å². The lowest BCUT2D eigenvalue weighted by Crippen LogP contribution is -2.37. The molecule has 0 saturated carbocycles. The van der Waals surface area contributed by atoms with Crippen LogP contribution in [0, 0.1) is 0 Å². The summed E-state index contributed by atoms with van der Waals surface area (Å²) in [6.45, 7) is 6.25. The molecule has 1 heterocycles. The lowest BCUT2D eigenvalue weighted by Gasteiger charge is -2.27. The van der Waals surface area contributed by atoms with Crippen molar-refractivity contribution in [1.82, 2.24) is 9.55 Å². The molecular formula is C13H23N3O2. The Bertz CT molecular complexity index is 426. The van der Waals surface area contributed by atoms with Crippen LogP contribution in [0.2, 0.25) is 0 Å². The van der Waals surface area contributed by atoms with Crippen LogP contribution in [0.4, 0.5) is 5.82 Å². The van der Waals surface area contributed by atoms with Gasteiger partial charge < -0.3 is 0 Å². The molecule has 0 fully saturated rings. The Morgan fingerprint density at radius 3 is 2.67 bits per heavy atom. The van der Waals surface area contributed by atoms with E-state index in [0.29, 0.717) is 0 Å². The monoisotopic (exact) mass is 253 g/mol. The Balaban J connectivity index is 2.75. The molecule has 0 aliphatic carbocycles. The van der Waals surface area contributed by atoms with Crippen molar-refractivity contribution in [2.75, 3.05) is 5.48 Å². The van der Waals surface area contributed by atoms with Crippen molar-refractivity contribution in [3.05, 3.63) is 22.7 Å². The lowest BCUT2D eigenvalue weighted by atomic mass is 9.96. The maximum Gasteiger partial charge on any atom is 0.350 e. The number of aromatic nitrogens is 2. The van der Waals surface area contributed by atoms with Gasteiger partial charge in [0.2, 0.25) is 0 Å². The van der Waals surface area contributed by atoms with E-state index in [1.807, 2.05) is 19.3 Å². The minimum atomic E-state index is -0.338. The molecular weight excluding hydrogens is 230 g/mol. The fraction of sp³-hybridized carbons (Fsp3) is 0.692. The molecule has 0 saturated heterocycles. The number of rotatable bonds is 7. The van der Waals surface area contributed by atoms with Crippen LogP contribution >= 0.6 is 0 Å². The molecule has 0 bridgehead atoms. The molecule has 0 atom stereocenters. The highest BCUT2D eigenvalue weighted by atomic mass is 16.5. The van der Waals surface area contributed by atoms with Crippen LogP contribution in [0.1, 0.15) is 52.9 Å². The van der Waals surface area contributed by atoms with Crippen molar-refractivity contribution in [1.29, 1.82) is 0 Å². The highest BCUT2D eigenvalue weighted by Crippen LogP contribution is 2.21. The van der Waals surface area contributed by atoms with Gasteiger partial charge in [0, 0.05) is 11.7 Å². The zero-order valence-electron chi connectivity index (χ0n) is 11.4. The Labute approximate surface area is 108 Å². The van der Waals surface area contributed by atoms with Gasteiger partial charge in [0.15, 0.2) is 5.82 Å². The third kappa shape index (κ3) is 3.84. The number of anilines is 1. The summed E-state index contributed by atoms with van der Waals surface area (Å²) >= 11 is 0. The van der Waals surface area contributed by atoms with Gasteiger partial charge in [-0.3, -0.25) is 15.3 Å². The van der Waals surface area contributed by atoms with Crippen molar-refractivity contribution in [3.63, 3.8) is 0 Å². The Hall–Kier alpha value is -1.36. The Kier molecular flexibility index (Phi) is 5.34. The molecule has 0 radical (unpaired) electrons. The minimum Gasteiger partial charge on any atom is -0.293 e. The predicted molar refractivity (Wildman–Crippen MR) is 72.0 cm³/mol. The Morgan fingerprint density at radius 2 is 2.11 bits per heavy atom. The number of hydrogen-bond acceptors (Lipinski definition) is 4. The minimum absolute atomic E-state index is 0.179. The molecule has 2 N–H and O–H groups in total. The molecule has 1 aromatic heterocycles. The van der Waals surface area contributed by atoms with E-state index < -0.39 is 0 Å². The summed E-state index contributed by atoms with van der Waals surface area (Å²) < 4.78 is 1.62. The molecule has 0 amide bonds. The fourth-order valence-electron chi connectivity index (χ4n) is 2.03.